The highest BCUT2D eigenvalue weighted by Crippen LogP contribution is 2.18. The molecule has 2 N–H and O–H groups in total. The van der Waals surface area contributed by atoms with Gasteiger partial charge in [0.05, 0.1) is 6.07 Å². The number of nitriles is 1. The summed E-state index contributed by atoms with van der Waals surface area (Å²) in [6, 6.07) is 11.7. The van der Waals surface area contributed by atoms with E-state index in [1.54, 1.807) is 7.11 Å². The van der Waals surface area contributed by atoms with Crippen molar-refractivity contribution in [2.45, 2.75) is 12.0 Å². The number of methoxy groups -OCH3 is 1. The van der Waals surface area contributed by atoms with E-state index in [4.69, 9.17) is 10.5 Å². The van der Waals surface area contributed by atoms with Crippen LogP contribution in [-0.4, -0.2) is 38.8 Å². The van der Waals surface area contributed by atoms with Crippen LogP contribution in [0.3, 0.4) is 0 Å². The summed E-state index contributed by atoms with van der Waals surface area (Å²) >= 11 is 0. The molecule has 18 heavy (non-hydrogen) atoms. The molecular formula is C14H21N3O. The van der Waals surface area contributed by atoms with Crippen LogP contribution in [0.1, 0.15) is 12.0 Å². The van der Waals surface area contributed by atoms with E-state index in [1.165, 1.54) is 0 Å². The largest absolute Gasteiger partial charge is 0.385 e. The molecule has 1 aromatic rings. The fourth-order valence-electron chi connectivity index (χ4n) is 1.91. The van der Waals surface area contributed by atoms with Gasteiger partial charge in [0.25, 0.3) is 0 Å². The van der Waals surface area contributed by atoms with Crippen LogP contribution >= 0.6 is 0 Å². The number of nitrogens with two attached hydrogens (primary N) is 1. The van der Waals surface area contributed by atoms with Crippen molar-refractivity contribution in [3.05, 3.63) is 35.9 Å². The first-order valence-corrected chi connectivity index (χ1v) is 6.05. The van der Waals surface area contributed by atoms with Gasteiger partial charge in [-0.2, -0.15) is 5.26 Å². The minimum atomic E-state index is -0.955. The van der Waals surface area contributed by atoms with Crippen LogP contribution in [-0.2, 0) is 10.3 Å². The van der Waals surface area contributed by atoms with Gasteiger partial charge >= 0.3 is 0 Å². The minimum Gasteiger partial charge on any atom is -0.385 e. The number of hydrogen-bond donors (Lipinski definition) is 1. The predicted molar refractivity (Wildman–Crippen MR) is 71.9 cm³/mol. The third-order valence-electron chi connectivity index (χ3n) is 2.90. The van der Waals surface area contributed by atoms with Crippen LogP contribution in [0.25, 0.3) is 0 Å². The molecule has 1 rings (SSSR count). The van der Waals surface area contributed by atoms with Crippen LogP contribution in [0.2, 0.25) is 0 Å². The van der Waals surface area contributed by atoms with Crippen LogP contribution in [0.4, 0.5) is 0 Å². The highest BCUT2D eigenvalue weighted by Gasteiger charge is 2.28. The molecule has 0 amide bonds. The van der Waals surface area contributed by atoms with E-state index >= 15 is 0 Å². The van der Waals surface area contributed by atoms with E-state index in [-0.39, 0.29) is 0 Å². The van der Waals surface area contributed by atoms with Crippen molar-refractivity contribution in [3.63, 3.8) is 0 Å². The lowest BCUT2D eigenvalue weighted by atomic mass is 9.92. The molecule has 0 heterocycles. The molecule has 4 nitrogen and oxygen atoms in total. The number of ether oxygens (including phenoxy) is 1. The molecule has 0 aliphatic carbocycles. The molecule has 0 aromatic heterocycles. The lowest BCUT2D eigenvalue weighted by Crippen LogP contribution is -2.45. The van der Waals surface area contributed by atoms with Gasteiger partial charge in [-0.1, -0.05) is 30.3 Å². The molecule has 1 aromatic carbocycles. The van der Waals surface area contributed by atoms with E-state index in [9.17, 15) is 5.26 Å². The van der Waals surface area contributed by atoms with Crippen molar-refractivity contribution in [2.24, 2.45) is 5.73 Å². The zero-order valence-corrected chi connectivity index (χ0v) is 11.1. The first-order chi connectivity index (χ1) is 8.62. The molecule has 1 unspecified atom stereocenters. The third-order valence-corrected chi connectivity index (χ3v) is 2.90. The number of benzene rings is 1. The van der Waals surface area contributed by atoms with E-state index in [1.807, 2.05) is 37.4 Å². The summed E-state index contributed by atoms with van der Waals surface area (Å²) in [6.07, 6.45) is 0.934. The monoisotopic (exact) mass is 247 g/mol. The van der Waals surface area contributed by atoms with Crippen molar-refractivity contribution in [1.29, 1.82) is 5.26 Å². The number of hydrogen-bond acceptors (Lipinski definition) is 4. The second-order valence-corrected chi connectivity index (χ2v) is 4.53. The van der Waals surface area contributed by atoms with Crippen LogP contribution < -0.4 is 5.73 Å². The Morgan fingerprint density at radius 1 is 1.39 bits per heavy atom. The van der Waals surface area contributed by atoms with Gasteiger partial charge in [-0.3, -0.25) is 0 Å². The average Bonchev–Trinajstić information content (AvgIpc) is 2.40. The predicted octanol–water partition coefficient (Wildman–Crippen LogP) is 1.33. The van der Waals surface area contributed by atoms with E-state index in [0.29, 0.717) is 6.54 Å². The molecule has 98 valence electrons. The Hall–Kier alpha value is -1.41. The molecule has 0 spiro atoms. The topological polar surface area (TPSA) is 62.3 Å². The standard InChI is InChI=1S/C14H21N3O/c1-17(9-6-10-18-2)12-14(16,11-15)13-7-4-3-5-8-13/h3-5,7-8H,6,9-10,12,16H2,1-2H3. The van der Waals surface area contributed by atoms with E-state index < -0.39 is 5.54 Å². The molecule has 4 heteroatoms. The highest BCUT2D eigenvalue weighted by atomic mass is 16.5. The lowest BCUT2D eigenvalue weighted by molar-refractivity contribution is 0.174. The van der Waals surface area contributed by atoms with Gasteiger partial charge in [0.1, 0.15) is 5.54 Å². The fraction of sp³-hybridized carbons (Fsp3) is 0.500. The molecule has 0 bridgehead atoms. The Balaban J connectivity index is 2.64. The maximum atomic E-state index is 9.33. The summed E-state index contributed by atoms with van der Waals surface area (Å²) in [5, 5.41) is 9.33. The van der Waals surface area contributed by atoms with Crippen molar-refractivity contribution >= 4 is 0 Å². The van der Waals surface area contributed by atoms with Crippen molar-refractivity contribution < 1.29 is 4.74 Å². The summed E-state index contributed by atoms with van der Waals surface area (Å²) in [5.74, 6) is 0. The molecule has 0 aliphatic rings. The van der Waals surface area contributed by atoms with Crippen LogP contribution in [0.5, 0.6) is 0 Å². The average molecular weight is 247 g/mol. The van der Waals surface area contributed by atoms with Crippen LogP contribution in [0, 0.1) is 11.3 Å². The number of nitrogens with zero attached hydrogens (tertiary/aromatic N) is 2. The molecule has 0 fully saturated rings. The highest BCUT2D eigenvalue weighted by molar-refractivity contribution is 5.31. The third kappa shape index (κ3) is 4.11. The molecule has 0 saturated heterocycles. The normalized spacial score (nSPS) is 14.2. The summed E-state index contributed by atoms with van der Waals surface area (Å²) < 4.78 is 5.01. The maximum absolute atomic E-state index is 9.33. The minimum absolute atomic E-state index is 0.511. The number of likely N-dealkylation sites (N-methyl/N-ethyl adjacent to an activating group) is 1. The van der Waals surface area contributed by atoms with E-state index in [0.717, 1.165) is 25.1 Å². The van der Waals surface area contributed by atoms with Gasteiger partial charge in [-0.05, 0) is 19.0 Å². The van der Waals surface area contributed by atoms with Gasteiger partial charge in [0.2, 0.25) is 0 Å². The Morgan fingerprint density at radius 2 is 2.06 bits per heavy atom. The first kappa shape index (κ1) is 14.7. The maximum Gasteiger partial charge on any atom is 0.142 e. The first-order valence-electron chi connectivity index (χ1n) is 6.05. The Bertz CT molecular complexity index is 388. The molecule has 0 aliphatic heterocycles. The lowest BCUT2D eigenvalue weighted by Gasteiger charge is -2.28. The summed E-state index contributed by atoms with van der Waals surface area (Å²) in [6.45, 7) is 2.10. The zero-order chi connectivity index (χ0) is 13.4. The number of rotatable bonds is 7. The van der Waals surface area contributed by atoms with Crippen molar-refractivity contribution in [1.82, 2.24) is 4.90 Å². The SMILES string of the molecule is COCCCN(C)CC(N)(C#N)c1ccccc1. The summed E-state index contributed by atoms with van der Waals surface area (Å²) in [7, 11) is 3.66. The zero-order valence-electron chi connectivity index (χ0n) is 11.1. The molecule has 1 atom stereocenters. The molecule has 0 saturated carbocycles. The van der Waals surface area contributed by atoms with Crippen LogP contribution in [0.15, 0.2) is 30.3 Å². The Morgan fingerprint density at radius 3 is 2.61 bits per heavy atom. The molecule has 0 radical (unpaired) electrons. The van der Waals surface area contributed by atoms with Gasteiger partial charge in [0, 0.05) is 26.8 Å². The van der Waals surface area contributed by atoms with Crippen molar-refractivity contribution in [2.75, 3.05) is 33.9 Å². The fourth-order valence-corrected chi connectivity index (χ4v) is 1.91. The Kier molecular flexibility index (Phi) is 5.79. The Labute approximate surface area is 109 Å². The second kappa shape index (κ2) is 7.12. The van der Waals surface area contributed by atoms with Crippen molar-refractivity contribution in [3.8, 4) is 6.07 Å². The van der Waals surface area contributed by atoms with E-state index in [2.05, 4.69) is 11.0 Å². The van der Waals surface area contributed by atoms with Gasteiger partial charge in [-0.25, -0.2) is 0 Å². The van der Waals surface area contributed by atoms with Gasteiger partial charge in [-0.15, -0.1) is 0 Å². The van der Waals surface area contributed by atoms with Gasteiger partial charge in [0.15, 0.2) is 0 Å². The quantitative estimate of drug-likeness (QED) is 0.738. The smallest absolute Gasteiger partial charge is 0.142 e. The van der Waals surface area contributed by atoms with Gasteiger partial charge < -0.3 is 15.4 Å². The summed E-state index contributed by atoms with van der Waals surface area (Å²) in [5.41, 5.74) is 6.09. The summed E-state index contributed by atoms with van der Waals surface area (Å²) in [4.78, 5) is 2.06. The molecular weight excluding hydrogens is 226 g/mol. The second-order valence-electron chi connectivity index (χ2n) is 4.53.